The van der Waals surface area contributed by atoms with E-state index >= 15 is 0 Å². The van der Waals surface area contributed by atoms with E-state index in [1.54, 1.807) is 6.07 Å². The third-order valence-corrected chi connectivity index (χ3v) is 5.46. The molecule has 2 aromatic rings. The normalized spacial score (nSPS) is 24.4. The molecular weight excluding hydrogens is 330 g/mol. The van der Waals surface area contributed by atoms with Crippen molar-refractivity contribution >= 4 is 10.9 Å². The molecule has 0 unspecified atom stereocenters. The number of ether oxygens (including phenoxy) is 2. The van der Waals surface area contributed by atoms with Crippen LogP contribution < -0.4 is 10.7 Å². The number of nitrogens with zero attached hydrogens (tertiary/aromatic N) is 1. The van der Waals surface area contributed by atoms with Crippen LogP contribution >= 0.6 is 0 Å². The van der Waals surface area contributed by atoms with E-state index in [1.807, 2.05) is 19.9 Å². The van der Waals surface area contributed by atoms with Gasteiger partial charge in [-0.2, -0.15) is 0 Å². The van der Waals surface area contributed by atoms with Crippen molar-refractivity contribution in [1.82, 2.24) is 15.2 Å². The van der Waals surface area contributed by atoms with Crippen molar-refractivity contribution in [3.63, 3.8) is 0 Å². The summed E-state index contributed by atoms with van der Waals surface area (Å²) in [7, 11) is 0. The Morgan fingerprint density at radius 2 is 1.96 bits per heavy atom. The maximum Gasteiger partial charge on any atom is 0.189 e. The van der Waals surface area contributed by atoms with Gasteiger partial charge in [-0.1, -0.05) is 6.07 Å². The summed E-state index contributed by atoms with van der Waals surface area (Å²) in [5.74, 6) is 0. The van der Waals surface area contributed by atoms with Crippen LogP contribution in [0.25, 0.3) is 10.9 Å². The Balaban J connectivity index is 1.49. The monoisotopic (exact) mass is 357 g/mol. The minimum absolute atomic E-state index is 0.0785. The molecule has 0 radical (unpaired) electrons. The molecule has 2 fully saturated rings. The van der Waals surface area contributed by atoms with E-state index in [1.165, 1.54) is 0 Å². The average molecular weight is 357 g/mol. The first kappa shape index (κ1) is 17.7. The molecule has 3 heterocycles. The average Bonchev–Trinajstić information content (AvgIpc) is 3.10. The van der Waals surface area contributed by atoms with E-state index in [2.05, 4.69) is 21.3 Å². The zero-order chi connectivity index (χ0) is 18.1. The molecule has 0 amide bonds. The molecule has 1 aromatic heterocycles. The van der Waals surface area contributed by atoms with Gasteiger partial charge in [-0.15, -0.1) is 0 Å². The highest BCUT2D eigenvalue weighted by molar-refractivity contribution is 5.82. The summed E-state index contributed by atoms with van der Waals surface area (Å²) < 4.78 is 11.2. The Bertz CT molecular complexity index is 842. The first-order valence-electron chi connectivity index (χ1n) is 9.38. The van der Waals surface area contributed by atoms with Gasteiger partial charge in [0.1, 0.15) is 0 Å². The molecule has 26 heavy (non-hydrogen) atoms. The lowest BCUT2D eigenvalue weighted by Gasteiger charge is -2.34. The number of fused-ring (bicyclic) bond motifs is 1. The summed E-state index contributed by atoms with van der Waals surface area (Å²) >= 11 is 0. The van der Waals surface area contributed by atoms with Gasteiger partial charge in [0.2, 0.25) is 0 Å². The lowest BCUT2D eigenvalue weighted by Crippen LogP contribution is -2.52. The minimum atomic E-state index is 0.0785. The third-order valence-electron chi connectivity index (χ3n) is 5.46. The van der Waals surface area contributed by atoms with Crippen molar-refractivity contribution in [2.24, 2.45) is 0 Å². The molecule has 0 saturated carbocycles. The number of aromatic nitrogens is 1. The highest BCUT2D eigenvalue weighted by Gasteiger charge is 2.33. The van der Waals surface area contributed by atoms with Crippen LogP contribution in [-0.4, -0.2) is 61.5 Å². The number of benzene rings is 1. The fraction of sp³-hybridized carbons (Fsp3) is 0.550. The zero-order valence-electron chi connectivity index (χ0n) is 15.5. The van der Waals surface area contributed by atoms with Crippen LogP contribution in [-0.2, 0) is 16.0 Å². The summed E-state index contributed by atoms with van der Waals surface area (Å²) in [5, 5.41) is 4.36. The molecule has 6 nitrogen and oxygen atoms in total. The second-order valence-electron chi connectivity index (χ2n) is 7.40. The van der Waals surface area contributed by atoms with Crippen molar-refractivity contribution in [1.29, 1.82) is 0 Å². The van der Waals surface area contributed by atoms with E-state index in [-0.39, 0.29) is 11.5 Å². The molecule has 0 bridgehead atoms. The van der Waals surface area contributed by atoms with Crippen LogP contribution in [0.5, 0.6) is 0 Å². The van der Waals surface area contributed by atoms with Crippen LogP contribution in [0.1, 0.15) is 16.8 Å². The largest absolute Gasteiger partial charge is 0.379 e. The van der Waals surface area contributed by atoms with Crippen LogP contribution in [0, 0.1) is 13.8 Å². The van der Waals surface area contributed by atoms with Crippen molar-refractivity contribution in [3.05, 3.63) is 45.2 Å². The quantitative estimate of drug-likeness (QED) is 0.864. The number of H-pyrrole nitrogens is 1. The van der Waals surface area contributed by atoms with E-state index < -0.39 is 0 Å². The second-order valence-corrected chi connectivity index (χ2v) is 7.40. The number of nitrogens with one attached hydrogen (secondary N) is 2. The van der Waals surface area contributed by atoms with Gasteiger partial charge in [0.05, 0.1) is 38.0 Å². The molecular formula is C20H27N3O3. The van der Waals surface area contributed by atoms with Gasteiger partial charge in [-0.3, -0.25) is 9.69 Å². The van der Waals surface area contributed by atoms with Crippen molar-refractivity contribution < 1.29 is 9.47 Å². The van der Waals surface area contributed by atoms with Gasteiger partial charge in [0.15, 0.2) is 5.43 Å². The Morgan fingerprint density at radius 3 is 2.77 bits per heavy atom. The van der Waals surface area contributed by atoms with Gasteiger partial charge in [0.25, 0.3) is 0 Å². The highest BCUT2D eigenvalue weighted by atomic mass is 16.5. The Hall–Kier alpha value is -1.73. The van der Waals surface area contributed by atoms with Gasteiger partial charge in [0, 0.05) is 42.8 Å². The fourth-order valence-electron chi connectivity index (χ4n) is 4.10. The first-order valence-corrected chi connectivity index (χ1v) is 9.38. The van der Waals surface area contributed by atoms with Crippen LogP contribution in [0.2, 0.25) is 0 Å². The van der Waals surface area contributed by atoms with Gasteiger partial charge >= 0.3 is 0 Å². The number of hydrogen-bond donors (Lipinski definition) is 2. The van der Waals surface area contributed by atoms with E-state index in [4.69, 9.17) is 9.47 Å². The summed E-state index contributed by atoms with van der Waals surface area (Å²) in [4.78, 5) is 18.4. The number of rotatable bonds is 4. The topological polar surface area (TPSA) is 66.6 Å². The van der Waals surface area contributed by atoms with Gasteiger partial charge in [-0.25, -0.2) is 0 Å². The lowest BCUT2D eigenvalue weighted by molar-refractivity contribution is 0.0106. The summed E-state index contributed by atoms with van der Waals surface area (Å²) in [6, 6.07) is 6.42. The molecule has 2 saturated heterocycles. The maximum absolute atomic E-state index is 12.5. The number of pyridine rings is 1. The van der Waals surface area contributed by atoms with Crippen LogP contribution in [0.15, 0.2) is 23.0 Å². The molecule has 2 aliphatic rings. The highest BCUT2D eigenvalue weighted by Crippen LogP contribution is 2.18. The molecule has 0 aliphatic carbocycles. The van der Waals surface area contributed by atoms with E-state index in [0.717, 1.165) is 60.6 Å². The number of hydrogen-bond acceptors (Lipinski definition) is 5. The van der Waals surface area contributed by atoms with E-state index in [9.17, 15) is 4.79 Å². The van der Waals surface area contributed by atoms with Crippen molar-refractivity contribution in [2.75, 3.05) is 39.5 Å². The molecule has 2 atom stereocenters. The number of morpholine rings is 1. The number of aryl methyl sites for hydroxylation is 2. The predicted octanol–water partition coefficient (Wildman–Crippen LogP) is 1.33. The molecule has 1 aromatic carbocycles. The van der Waals surface area contributed by atoms with Crippen LogP contribution in [0.3, 0.4) is 0 Å². The van der Waals surface area contributed by atoms with Crippen molar-refractivity contribution in [3.8, 4) is 0 Å². The third kappa shape index (κ3) is 3.55. The smallest absolute Gasteiger partial charge is 0.189 e. The summed E-state index contributed by atoms with van der Waals surface area (Å²) in [5.41, 5.74) is 4.15. The standard InChI is InChI=1S/C20H27N3O3/c1-13-7-14(2)20-16(8-13)19(24)9-15(22-20)10-21-17-11-26-12-18(17)23-3-5-25-6-4-23/h7-9,17-18,21H,3-6,10-12H2,1-2H3,(H,22,24)/t17-,18-/m0/s1. The molecule has 0 spiro atoms. The fourth-order valence-corrected chi connectivity index (χ4v) is 4.10. The Kier molecular flexibility index (Phi) is 5.09. The Labute approximate surface area is 153 Å². The second kappa shape index (κ2) is 7.48. The molecule has 2 N–H and O–H groups in total. The van der Waals surface area contributed by atoms with Gasteiger partial charge in [-0.05, 0) is 31.0 Å². The number of aromatic amines is 1. The SMILES string of the molecule is Cc1cc(C)c2[nH]c(CN[C@H]3COC[C@@H]3N3CCOCC3)cc(=O)c2c1. The minimum Gasteiger partial charge on any atom is -0.379 e. The summed E-state index contributed by atoms with van der Waals surface area (Å²) in [6.45, 7) is 9.65. The predicted molar refractivity (Wildman–Crippen MR) is 102 cm³/mol. The van der Waals surface area contributed by atoms with Crippen LogP contribution in [0.4, 0.5) is 0 Å². The Morgan fingerprint density at radius 1 is 1.15 bits per heavy atom. The lowest BCUT2D eigenvalue weighted by atomic mass is 10.1. The first-order chi connectivity index (χ1) is 12.6. The molecule has 140 valence electrons. The zero-order valence-corrected chi connectivity index (χ0v) is 15.5. The maximum atomic E-state index is 12.5. The molecule has 2 aliphatic heterocycles. The van der Waals surface area contributed by atoms with E-state index in [0.29, 0.717) is 19.2 Å². The van der Waals surface area contributed by atoms with Gasteiger partial charge < -0.3 is 19.8 Å². The molecule has 4 rings (SSSR count). The van der Waals surface area contributed by atoms with Crippen molar-refractivity contribution in [2.45, 2.75) is 32.5 Å². The summed E-state index contributed by atoms with van der Waals surface area (Å²) in [6.07, 6.45) is 0. The molecule has 6 heteroatoms.